The van der Waals surface area contributed by atoms with E-state index in [1.54, 1.807) is 47.7 Å². The van der Waals surface area contributed by atoms with Crippen molar-refractivity contribution in [3.05, 3.63) is 115 Å². The molecule has 0 bridgehead atoms. The van der Waals surface area contributed by atoms with Crippen LogP contribution in [-0.4, -0.2) is 0 Å². The van der Waals surface area contributed by atoms with Crippen molar-refractivity contribution in [2.24, 2.45) is 0 Å². The maximum atomic E-state index is 12.2. The van der Waals surface area contributed by atoms with Gasteiger partial charge < -0.3 is 4.42 Å². The van der Waals surface area contributed by atoms with E-state index in [0.717, 1.165) is 14.8 Å². The van der Waals surface area contributed by atoms with Crippen molar-refractivity contribution >= 4 is 76.6 Å². The van der Waals surface area contributed by atoms with Gasteiger partial charge >= 0.3 is 0 Å². The van der Waals surface area contributed by atoms with Gasteiger partial charge in [0, 0.05) is 30.2 Å². The summed E-state index contributed by atoms with van der Waals surface area (Å²) in [6.07, 6.45) is 0. The van der Waals surface area contributed by atoms with Gasteiger partial charge in [-0.1, -0.05) is 47.5 Å². The van der Waals surface area contributed by atoms with Gasteiger partial charge in [-0.2, -0.15) is 0 Å². The number of hydrogen-bond acceptors (Lipinski definition) is 4. The zero-order valence-electron chi connectivity index (χ0n) is 16.5. The quantitative estimate of drug-likeness (QED) is 0.211. The van der Waals surface area contributed by atoms with Gasteiger partial charge in [-0.25, -0.2) is 0 Å². The van der Waals surface area contributed by atoms with Gasteiger partial charge in [0.2, 0.25) is 5.43 Å². The molecule has 0 aliphatic heterocycles. The summed E-state index contributed by atoms with van der Waals surface area (Å²) in [5.74, 6) is 0. The molecule has 0 spiro atoms. The minimum Gasteiger partial charge on any atom is -0.456 e. The molecule has 6 rings (SSSR count). The maximum absolute atomic E-state index is 12.2. The van der Waals surface area contributed by atoms with Crippen molar-refractivity contribution in [2.45, 2.75) is 0 Å². The monoisotopic (exact) mass is 476 g/mol. The minimum atomic E-state index is -0.0423. The summed E-state index contributed by atoms with van der Waals surface area (Å²) in [5.41, 5.74) is 1.18. The molecule has 156 valence electrons. The molecule has 0 aliphatic rings. The van der Waals surface area contributed by atoms with E-state index >= 15 is 0 Å². The fraction of sp³-hybridized carbons (Fsp3) is 0. The first-order valence-electron chi connectivity index (χ1n) is 9.73. The molecule has 0 radical (unpaired) electrons. The smallest absolute Gasteiger partial charge is 0.200 e. The van der Waals surface area contributed by atoms with Crippen LogP contribution in [0.15, 0.2) is 98.9 Å². The lowest BCUT2D eigenvalue weighted by atomic mass is 10.1. The number of para-hydroxylation sites is 1. The summed E-state index contributed by atoms with van der Waals surface area (Å²) in [5, 5.41) is 3.71. The largest absolute Gasteiger partial charge is 0.456 e. The molecule has 0 saturated carbocycles. The van der Waals surface area contributed by atoms with E-state index in [2.05, 4.69) is 0 Å². The molecule has 0 amide bonds. The molecule has 0 saturated heterocycles. The van der Waals surface area contributed by atoms with E-state index in [9.17, 15) is 9.59 Å². The number of hydrogen-bond donors (Lipinski definition) is 0. The average Bonchev–Trinajstić information content (AvgIpc) is 2.81. The summed E-state index contributed by atoms with van der Waals surface area (Å²) >= 11 is 13.4. The first-order chi connectivity index (χ1) is 15.5. The molecule has 3 nitrogen and oxygen atoms in total. The molecular weight excluding hydrogens is 463 g/mol. The summed E-state index contributed by atoms with van der Waals surface area (Å²) < 4.78 is 7.62. The molecule has 0 fully saturated rings. The third kappa shape index (κ3) is 3.78. The predicted octanol–water partition coefficient (Wildman–Crippen LogP) is 7.67. The molecule has 0 aliphatic carbocycles. The Bertz CT molecular complexity index is 1620. The van der Waals surface area contributed by atoms with Crippen LogP contribution in [0.4, 0.5) is 0 Å². The fourth-order valence-electron chi connectivity index (χ4n) is 3.55. The number of halogens is 2. The average molecular weight is 477 g/mol. The van der Waals surface area contributed by atoms with Gasteiger partial charge in [-0.15, -0.1) is 11.3 Å². The number of fused-ring (bicyclic) bond motifs is 4. The Morgan fingerprint density at radius 1 is 0.562 bits per heavy atom. The first-order valence-corrected chi connectivity index (χ1v) is 11.3. The molecule has 2 heterocycles. The van der Waals surface area contributed by atoms with E-state index in [4.69, 9.17) is 27.6 Å². The lowest BCUT2D eigenvalue weighted by molar-refractivity contribution is 0.660. The highest BCUT2D eigenvalue weighted by molar-refractivity contribution is 7.24. The van der Waals surface area contributed by atoms with Crippen LogP contribution in [0.25, 0.3) is 42.1 Å². The molecule has 2 aromatic heterocycles. The highest BCUT2D eigenvalue weighted by Gasteiger charge is 2.07. The summed E-state index contributed by atoms with van der Waals surface area (Å²) in [6, 6.07) is 25.3. The van der Waals surface area contributed by atoms with E-state index in [0.29, 0.717) is 37.4 Å². The molecule has 4 aromatic carbocycles. The molecular formula is C26H14Cl2O3S. The van der Waals surface area contributed by atoms with Crippen LogP contribution in [0.1, 0.15) is 0 Å². The molecule has 0 N–H and O–H groups in total. The van der Waals surface area contributed by atoms with Crippen LogP contribution in [0.5, 0.6) is 0 Å². The van der Waals surface area contributed by atoms with Crippen LogP contribution in [0.2, 0.25) is 10.0 Å². The summed E-state index contributed by atoms with van der Waals surface area (Å²) in [7, 11) is 0. The topological polar surface area (TPSA) is 47.3 Å². The lowest BCUT2D eigenvalue weighted by Gasteiger charge is -2.00. The maximum Gasteiger partial charge on any atom is 0.200 e. The second-order valence-electron chi connectivity index (χ2n) is 7.14. The Morgan fingerprint density at radius 2 is 1.12 bits per heavy atom. The third-order valence-electron chi connectivity index (χ3n) is 5.08. The zero-order valence-corrected chi connectivity index (χ0v) is 18.8. The van der Waals surface area contributed by atoms with Crippen molar-refractivity contribution in [3.8, 4) is 0 Å². The first kappa shape index (κ1) is 20.7. The van der Waals surface area contributed by atoms with Gasteiger partial charge in [0.05, 0.1) is 10.8 Å². The van der Waals surface area contributed by atoms with Crippen LogP contribution in [0.3, 0.4) is 0 Å². The minimum absolute atomic E-state index is 0.0423. The van der Waals surface area contributed by atoms with Crippen molar-refractivity contribution < 1.29 is 4.42 Å². The lowest BCUT2D eigenvalue weighted by Crippen LogP contribution is -2.01. The molecule has 0 unspecified atom stereocenters. The van der Waals surface area contributed by atoms with Crippen LogP contribution >= 0.6 is 34.5 Å². The number of rotatable bonds is 0. The van der Waals surface area contributed by atoms with E-state index in [1.807, 2.05) is 48.5 Å². The zero-order chi connectivity index (χ0) is 22.2. The SMILES string of the molecule is O=c1c2ccccc2oc2ccc(Cl)cc12.O=c1c2ccccc2sc2ccc(Cl)cc12. The van der Waals surface area contributed by atoms with Gasteiger partial charge in [-0.3, -0.25) is 9.59 Å². The van der Waals surface area contributed by atoms with Crippen molar-refractivity contribution in [1.82, 2.24) is 0 Å². The van der Waals surface area contributed by atoms with Crippen molar-refractivity contribution in [1.29, 1.82) is 0 Å². The molecule has 32 heavy (non-hydrogen) atoms. The third-order valence-corrected chi connectivity index (χ3v) is 6.70. The normalized spacial score (nSPS) is 11.1. The van der Waals surface area contributed by atoms with Gasteiger partial charge in [0.1, 0.15) is 11.2 Å². The highest BCUT2D eigenvalue weighted by Crippen LogP contribution is 2.26. The number of benzene rings is 4. The Hall–Kier alpha value is -3.18. The predicted molar refractivity (Wildman–Crippen MR) is 136 cm³/mol. The van der Waals surface area contributed by atoms with Crippen molar-refractivity contribution in [2.75, 3.05) is 0 Å². The standard InChI is InChI=1S/C13H7ClO2.C13H7ClOS/c2*14-8-5-6-12-10(7-8)13(15)9-3-1-2-4-11(9)16-12/h2*1-7H. The van der Waals surface area contributed by atoms with E-state index in [1.165, 1.54) is 0 Å². The molecule has 0 atom stereocenters. The van der Waals surface area contributed by atoms with Crippen LogP contribution in [0, 0.1) is 0 Å². The second kappa shape index (κ2) is 8.40. The highest BCUT2D eigenvalue weighted by atomic mass is 35.5. The fourth-order valence-corrected chi connectivity index (χ4v) is 4.95. The Morgan fingerprint density at radius 3 is 1.94 bits per heavy atom. The van der Waals surface area contributed by atoms with E-state index < -0.39 is 0 Å². The summed E-state index contributed by atoms with van der Waals surface area (Å²) in [4.78, 5) is 24.3. The van der Waals surface area contributed by atoms with E-state index in [-0.39, 0.29) is 10.9 Å². The van der Waals surface area contributed by atoms with Gasteiger partial charge in [0.25, 0.3) is 0 Å². The second-order valence-corrected chi connectivity index (χ2v) is 9.09. The van der Waals surface area contributed by atoms with Crippen LogP contribution < -0.4 is 10.9 Å². The van der Waals surface area contributed by atoms with Crippen molar-refractivity contribution in [3.63, 3.8) is 0 Å². The molecule has 6 aromatic rings. The Balaban J connectivity index is 0.000000135. The summed E-state index contributed by atoms with van der Waals surface area (Å²) in [6.45, 7) is 0. The van der Waals surface area contributed by atoms with Crippen LogP contribution in [-0.2, 0) is 0 Å². The van der Waals surface area contributed by atoms with Gasteiger partial charge in [0.15, 0.2) is 5.43 Å². The Kier molecular flexibility index (Phi) is 5.43. The Labute approximate surface area is 196 Å². The van der Waals surface area contributed by atoms with Gasteiger partial charge in [-0.05, 0) is 60.7 Å². The molecule has 6 heteroatoms.